The molecule has 0 bridgehead atoms. The fraction of sp³-hybridized carbons (Fsp3) is 0.259. The zero-order valence-electron chi connectivity index (χ0n) is 20.1. The summed E-state index contributed by atoms with van der Waals surface area (Å²) in [6.45, 7) is 1.30. The van der Waals surface area contributed by atoms with Gasteiger partial charge in [0, 0.05) is 30.2 Å². The second kappa shape index (κ2) is 9.58. The van der Waals surface area contributed by atoms with E-state index >= 15 is 0 Å². The lowest BCUT2D eigenvalue weighted by molar-refractivity contribution is -0.147. The molecular weight excluding hydrogens is 452 g/mol. The van der Waals surface area contributed by atoms with Crippen LogP contribution in [0, 0.1) is 0 Å². The smallest absolute Gasteiger partial charge is 0.303 e. The lowest BCUT2D eigenvalue weighted by Crippen LogP contribution is -2.19. The van der Waals surface area contributed by atoms with Crippen molar-refractivity contribution in [2.24, 2.45) is 0 Å². The number of benzene rings is 3. The van der Waals surface area contributed by atoms with Crippen LogP contribution in [0.1, 0.15) is 51.6 Å². The molecule has 35 heavy (non-hydrogen) atoms. The molecule has 0 spiro atoms. The van der Waals surface area contributed by atoms with Crippen molar-refractivity contribution < 1.29 is 38.4 Å². The highest BCUT2D eigenvalue weighted by molar-refractivity contribution is 6.14. The minimum Gasteiger partial charge on any atom is -0.507 e. The number of phenols is 1. The van der Waals surface area contributed by atoms with Crippen molar-refractivity contribution >= 4 is 11.8 Å². The Morgan fingerprint density at radius 1 is 0.829 bits per heavy atom. The van der Waals surface area contributed by atoms with Gasteiger partial charge in [0.1, 0.15) is 34.9 Å². The third kappa shape index (κ3) is 4.23. The molecule has 0 saturated heterocycles. The molecule has 0 heterocycles. The number of phenolic OH excluding ortho intramolecular Hbond substituents is 1. The molecule has 0 saturated carbocycles. The van der Waals surface area contributed by atoms with Crippen LogP contribution in [0.4, 0.5) is 0 Å². The summed E-state index contributed by atoms with van der Waals surface area (Å²) in [6.07, 6.45) is -0.964. The molecule has 3 aromatic carbocycles. The Balaban J connectivity index is 2.13. The molecule has 1 N–H and O–H groups in total. The lowest BCUT2D eigenvalue weighted by atomic mass is 9.82. The highest BCUT2D eigenvalue weighted by Crippen LogP contribution is 2.51. The highest BCUT2D eigenvalue weighted by atomic mass is 16.5. The van der Waals surface area contributed by atoms with Gasteiger partial charge in [0.2, 0.25) is 0 Å². The van der Waals surface area contributed by atoms with Gasteiger partial charge in [-0.05, 0) is 35.4 Å². The molecule has 0 fully saturated rings. The number of carbonyl (C=O) groups excluding carboxylic acids is 2. The van der Waals surface area contributed by atoms with Crippen molar-refractivity contribution in [3.8, 4) is 28.7 Å². The summed E-state index contributed by atoms with van der Waals surface area (Å²) in [7, 11) is 5.97. The summed E-state index contributed by atoms with van der Waals surface area (Å²) in [5.74, 6) is -0.249. The maximum absolute atomic E-state index is 13.9. The summed E-state index contributed by atoms with van der Waals surface area (Å²) in [5.41, 5.74) is 1.83. The van der Waals surface area contributed by atoms with E-state index in [4.69, 9.17) is 23.7 Å². The Labute approximate surface area is 203 Å². The molecule has 0 aliphatic heterocycles. The molecule has 3 aromatic rings. The van der Waals surface area contributed by atoms with E-state index in [2.05, 4.69) is 0 Å². The summed E-state index contributed by atoms with van der Waals surface area (Å²) < 4.78 is 27.6. The number of methoxy groups -OCH3 is 4. The zero-order valence-corrected chi connectivity index (χ0v) is 20.1. The molecule has 0 unspecified atom stereocenters. The van der Waals surface area contributed by atoms with Gasteiger partial charge < -0.3 is 28.8 Å². The standard InChI is InChI=1S/C27H26O8/c1-14(28)35-27-23(15-6-8-16(31-2)9-7-15)19-10-17(32-3)12-21(29)24(19)26(30)20-11-18(33-4)13-22(34-5)25(20)27/h6-13,23,27,29H,1-5H3/t23-,27+/m0/s1. The molecule has 0 amide bonds. The van der Waals surface area contributed by atoms with Crippen LogP contribution in [0.5, 0.6) is 28.7 Å². The van der Waals surface area contributed by atoms with Crippen molar-refractivity contribution in [1.82, 2.24) is 0 Å². The van der Waals surface area contributed by atoms with Gasteiger partial charge in [0.15, 0.2) is 5.78 Å². The summed E-state index contributed by atoms with van der Waals surface area (Å²) in [4.78, 5) is 26.3. The average Bonchev–Trinajstić information content (AvgIpc) is 2.96. The molecule has 1 aliphatic carbocycles. The Morgan fingerprint density at radius 3 is 2.03 bits per heavy atom. The van der Waals surface area contributed by atoms with E-state index in [1.54, 1.807) is 37.4 Å². The lowest BCUT2D eigenvalue weighted by Gasteiger charge is -2.29. The second-order valence-electron chi connectivity index (χ2n) is 8.01. The molecule has 0 radical (unpaired) electrons. The normalized spacial score (nSPS) is 16.4. The Kier molecular flexibility index (Phi) is 6.55. The minimum absolute atomic E-state index is 0.0813. The molecule has 8 nitrogen and oxygen atoms in total. The number of carbonyl (C=O) groups is 2. The Hall–Kier alpha value is -4.20. The number of rotatable bonds is 6. The fourth-order valence-corrected chi connectivity index (χ4v) is 4.54. The van der Waals surface area contributed by atoms with E-state index in [0.717, 1.165) is 5.56 Å². The first-order chi connectivity index (χ1) is 16.8. The fourth-order valence-electron chi connectivity index (χ4n) is 4.54. The van der Waals surface area contributed by atoms with Crippen molar-refractivity contribution in [2.45, 2.75) is 18.9 Å². The predicted molar refractivity (Wildman–Crippen MR) is 127 cm³/mol. The van der Waals surface area contributed by atoms with E-state index in [-0.39, 0.29) is 16.9 Å². The number of fused-ring (bicyclic) bond motifs is 2. The molecule has 1 aliphatic rings. The number of hydrogen-bond acceptors (Lipinski definition) is 8. The van der Waals surface area contributed by atoms with E-state index in [1.165, 1.54) is 34.3 Å². The molecule has 8 heteroatoms. The van der Waals surface area contributed by atoms with Crippen LogP contribution >= 0.6 is 0 Å². The summed E-state index contributed by atoms with van der Waals surface area (Å²) in [6, 6.07) is 13.4. The van der Waals surface area contributed by atoms with Gasteiger partial charge in [-0.15, -0.1) is 0 Å². The van der Waals surface area contributed by atoms with Crippen molar-refractivity contribution in [3.63, 3.8) is 0 Å². The van der Waals surface area contributed by atoms with Crippen LogP contribution in [-0.4, -0.2) is 45.3 Å². The van der Waals surface area contributed by atoms with Crippen LogP contribution in [0.25, 0.3) is 0 Å². The van der Waals surface area contributed by atoms with E-state index < -0.39 is 23.8 Å². The third-order valence-electron chi connectivity index (χ3n) is 6.09. The van der Waals surface area contributed by atoms with Gasteiger partial charge in [-0.1, -0.05) is 12.1 Å². The summed E-state index contributed by atoms with van der Waals surface area (Å²) >= 11 is 0. The van der Waals surface area contributed by atoms with Crippen LogP contribution in [0.2, 0.25) is 0 Å². The summed E-state index contributed by atoms with van der Waals surface area (Å²) in [5, 5.41) is 11.0. The van der Waals surface area contributed by atoms with Crippen LogP contribution in [0.3, 0.4) is 0 Å². The van der Waals surface area contributed by atoms with E-state index in [9.17, 15) is 14.7 Å². The zero-order chi connectivity index (χ0) is 25.3. The first-order valence-corrected chi connectivity index (χ1v) is 10.9. The minimum atomic E-state index is -0.964. The monoisotopic (exact) mass is 478 g/mol. The molecule has 182 valence electrons. The number of hydrogen-bond donors (Lipinski definition) is 1. The Morgan fingerprint density at radius 2 is 1.46 bits per heavy atom. The topological polar surface area (TPSA) is 101 Å². The van der Waals surface area contributed by atoms with E-state index in [1.807, 2.05) is 12.1 Å². The first kappa shape index (κ1) is 23.9. The largest absolute Gasteiger partial charge is 0.507 e. The van der Waals surface area contributed by atoms with Crippen LogP contribution in [0.15, 0.2) is 48.5 Å². The number of aromatic hydroxyl groups is 1. The van der Waals surface area contributed by atoms with Gasteiger partial charge in [-0.25, -0.2) is 0 Å². The molecule has 2 atom stereocenters. The van der Waals surface area contributed by atoms with Crippen LogP contribution in [-0.2, 0) is 9.53 Å². The van der Waals surface area contributed by atoms with Gasteiger partial charge in [0.25, 0.3) is 0 Å². The molecule has 4 rings (SSSR count). The molecule has 0 aromatic heterocycles. The SMILES string of the molecule is COc1ccc([C@H]2c3cc(OC)cc(O)c3C(=O)c3cc(OC)cc(OC)c3[C@@H]2OC(C)=O)cc1. The number of ether oxygens (including phenoxy) is 5. The molecular formula is C27H26O8. The van der Waals surface area contributed by atoms with Gasteiger partial charge in [0.05, 0.1) is 39.9 Å². The maximum Gasteiger partial charge on any atom is 0.303 e. The highest BCUT2D eigenvalue weighted by Gasteiger charge is 2.42. The van der Waals surface area contributed by atoms with Crippen molar-refractivity contribution in [3.05, 3.63) is 76.3 Å². The maximum atomic E-state index is 13.9. The van der Waals surface area contributed by atoms with Gasteiger partial charge >= 0.3 is 5.97 Å². The van der Waals surface area contributed by atoms with Crippen LogP contribution < -0.4 is 18.9 Å². The van der Waals surface area contributed by atoms with Crippen molar-refractivity contribution in [2.75, 3.05) is 28.4 Å². The van der Waals surface area contributed by atoms with E-state index in [0.29, 0.717) is 34.1 Å². The first-order valence-electron chi connectivity index (χ1n) is 10.9. The third-order valence-corrected chi connectivity index (χ3v) is 6.09. The number of ketones is 1. The number of esters is 1. The second-order valence-corrected chi connectivity index (χ2v) is 8.01. The Bertz CT molecular complexity index is 1280. The quantitative estimate of drug-likeness (QED) is 0.520. The van der Waals surface area contributed by atoms with Gasteiger partial charge in [-0.3, -0.25) is 9.59 Å². The van der Waals surface area contributed by atoms with Gasteiger partial charge in [-0.2, -0.15) is 0 Å². The average molecular weight is 478 g/mol. The predicted octanol–water partition coefficient (Wildman–Crippen LogP) is 4.41. The van der Waals surface area contributed by atoms with Crippen molar-refractivity contribution in [1.29, 1.82) is 0 Å².